The molecule has 1 nitrogen and oxygen atoms in total. The first-order valence-corrected chi connectivity index (χ1v) is 11.5. The van der Waals surface area contributed by atoms with Crippen LogP contribution in [-0.4, -0.2) is 4.57 Å². The Labute approximate surface area is 195 Å². The first kappa shape index (κ1) is 19.1. The summed E-state index contributed by atoms with van der Waals surface area (Å²) >= 11 is 3.76. The number of rotatable bonds is 3. The highest BCUT2D eigenvalue weighted by Crippen LogP contribution is 2.36. The molecule has 0 atom stereocenters. The molecule has 2 heteroatoms. The zero-order valence-corrected chi connectivity index (χ0v) is 19.0. The van der Waals surface area contributed by atoms with Gasteiger partial charge in [0.15, 0.2) is 0 Å². The van der Waals surface area contributed by atoms with Crippen LogP contribution in [0.15, 0.2) is 126 Å². The second kappa shape index (κ2) is 7.81. The molecule has 0 saturated heterocycles. The number of fused-ring (bicyclic) bond motifs is 3. The number of benzene rings is 5. The van der Waals surface area contributed by atoms with E-state index < -0.39 is 0 Å². The molecule has 0 amide bonds. The van der Waals surface area contributed by atoms with Gasteiger partial charge in [0.1, 0.15) is 0 Å². The molecule has 0 fully saturated rings. The van der Waals surface area contributed by atoms with E-state index >= 15 is 0 Å². The first-order chi connectivity index (χ1) is 15.8. The maximum absolute atomic E-state index is 3.76. The van der Waals surface area contributed by atoms with Crippen LogP contribution >= 0.6 is 15.9 Å². The van der Waals surface area contributed by atoms with Gasteiger partial charge in [0.2, 0.25) is 0 Å². The average Bonchev–Trinajstić information content (AvgIpc) is 3.19. The largest absolute Gasteiger partial charge is 0.308 e. The number of hydrogen-bond donors (Lipinski definition) is 0. The molecule has 0 bridgehead atoms. The Morgan fingerprint density at radius 1 is 0.438 bits per heavy atom. The third-order valence-electron chi connectivity index (χ3n) is 6.09. The SMILES string of the molecule is Brc1ccccc1-n1c2ccccc2c2ccc(-c3ccc(-c4ccccc4)cc3)cc21. The van der Waals surface area contributed by atoms with Gasteiger partial charge in [-0.1, -0.05) is 97.1 Å². The minimum atomic E-state index is 1.08. The fourth-order valence-corrected chi connectivity index (χ4v) is 4.99. The topological polar surface area (TPSA) is 4.93 Å². The fraction of sp³-hybridized carbons (Fsp3) is 0. The van der Waals surface area contributed by atoms with Crippen molar-refractivity contribution in [1.82, 2.24) is 4.57 Å². The molecule has 0 N–H and O–H groups in total. The predicted octanol–water partition coefficient (Wildman–Crippen LogP) is 8.88. The standard InChI is InChI=1S/C30H20BrN/c31-27-11-5-7-13-29(27)32-28-12-6-4-10-25(28)26-19-18-24(20-30(26)32)23-16-14-22(15-17-23)21-8-2-1-3-9-21/h1-20H. The summed E-state index contributed by atoms with van der Waals surface area (Å²) in [6.07, 6.45) is 0. The van der Waals surface area contributed by atoms with E-state index in [0.717, 1.165) is 10.2 Å². The molecule has 152 valence electrons. The van der Waals surface area contributed by atoms with Crippen LogP contribution in [-0.2, 0) is 0 Å². The second-order valence-corrected chi connectivity index (χ2v) is 8.83. The minimum absolute atomic E-state index is 1.08. The van der Waals surface area contributed by atoms with Gasteiger partial charge in [0.25, 0.3) is 0 Å². The van der Waals surface area contributed by atoms with Gasteiger partial charge >= 0.3 is 0 Å². The molecule has 0 aliphatic rings. The molecule has 6 rings (SSSR count). The van der Waals surface area contributed by atoms with Crippen LogP contribution in [0.2, 0.25) is 0 Å². The first-order valence-electron chi connectivity index (χ1n) is 10.7. The van der Waals surface area contributed by atoms with Crippen molar-refractivity contribution >= 4 is 37.7 Å². The van der Waals surface area contributed by atoms with Crippen LogP contribution in [0.1, 0.15) is 0 Å². The van der Waals surface area contributed by atoms with Crippen molar-refractivity contribution in [3.8, 4) is 27.9 Å². The molecule has 5 aromatic carbocycles. The van der Waals surface area contributed by atoms with E-state index in [1.54, 1.807) is 0 Å². The summed E-state index contributed by atoms with van der Waals surface area (Å²) in [6, 6.07) is 43.2. The fourth-order valence-electron chi connectivity index (χ4n) is 4.53. The van der Waals surface area contributed by atoms with Crippen LogP contribution in [0.5, 0.6) is 0 Å². The normalized spacial score (nSPS) is 11.3. The molecular weight excluding hydrogens is 454 g/mol. The monoisotopic (exact) mass is 473 g/mol. The highest BCUT2D eigenvalue weighted by Gasteiger charge is 2.14. The maximum Gasteiger partial charge on any atom is 0.0604 e. The quantitative estimate of drug-likeness (QED) is 0.241. The third kappa shape index (κ3) is 3.16. The highest BCUT2D eigenvalue weighted by atomic mass is 79.9. The van der Waals surface area contributed by atoms with Crippen LogP contribution in [0.25, 0.3) is 49.7 Å². The van der Waals surface area contributed by atoms with Gasteiger partial charge in [-0.15, -0.1) is 0 Å². The number of nitrogens with zero attached hydrogens (tertiary/aromatic N) is 1. The Hall–Kier alpha value is -3.62. The summed E-state index contributed by atoms with van der Waals surface area (Å²) in [6.45, 7) is 0. The Balaban J connectivity index is 1.54. The Morgan fingerprint density at radius 2 is 1.00 bits per heavy atom. The van der Waals surface area contributed by atoms with Crippen LogP contribution in [0, 0.1) is 0 Å². The lowest BCUT2D eigenvalue weighted by molar-refractivity contribution is 1.17. The predicted molar refractivity (Wildman–Crippen MR) is 139 cm³/mol. The zero-order valence-electron chi connectivity index (χ0n) is 17.4. The number of halogens is 1. The lowest BCUT2D eigenvalue weighted by Crippen LogP contribution is -1.95. The van der Waals surface area contributed by atoms with Crippen LogP contribution in [0.4, 0.5) is 0 Å². The van der Waals surface area contributed by atoms with Crippen molar-refractivity contribution in [2.45, 2.75) is 0 Å². The van der Waals surface area contributed by atoms with E-state index in [4.69, 9.17) is 0 Å². The van der Waals surface area contributed by atoms with E-state index in [1.165, 1.54) is 44.1 Å². The van der Waals surface area contributed by atoms with Gasteiger partial charge in [-0.25, -0.2) is 0 Å². The summed E-state index contributed by atoms with van der Waals surface area (Å²) in [4.78, 5) is 0. The molecule has 0 saturated carbocycles. The molecule has 0 unspecified atom stereocenters. The average molecular weight is 474 g/mol. The van der Waals surface area contributed by atoms with Crippen molar-refractivity contribution in [1.29, 1.82) is 0 Å². The van der Waals surface area contributed by atoms with Gasteiger partial charge in [0, 0.05) is 15.2 Å². The van der Waals surface area contributed by atoms with Crippen LogP contribution < -0.4 is 0 Å². The Kier molecular flexibility index (Phi) is 4.66. The van der Waals surface area contributed by atoms with Gasteiger partial charge in [-0.2, -0.15) is 0 Å². The number of aromatic nitrogens is 1. The summed E-state index contributed by atoms with van der Waals surface area (Å²) in [5.74, 6) is 0. The summed E-state index contributed by atoms with van der Waals surface area (Å²) in [5.41, 5.74) is 8.48. The van der Waals surface area contributed by atoms with E-state index in [1.807, 2.05) is 0 Å². The summed E-state index contributed by atoms with van der Waals surface area (Å²) in [7, 11) is 0. The van der Waals surface area contributed by atoms with Gasteiger partial charge in [0.05, 0.1) is 16.7 Å². The van der Waals surface area contributed by atoms with E-state index in [0.29, 0.717) is 0 Å². The second-order valence-electron chi connectivity index (χ2n) is 7.98. The Morgan fingerprint density at radius 3 is 1.78 bits per heavy atom. The molecule has 0 spiro atoms. The lowest BCUT2D eigenvalue weighted by atomic mass is 9.99. The molecular formula is C30H20BrN. The van der Waals surface area contributed by atoms with Gasteiger partial charge in [-0.3, -0.25) is 0 Å². The van der Waals surface area contributed by atoms with E-state index in [2.05, 4.69) is 142 Å². The smallest absolute Gasteiger partial charge is 0.0604 e. The molecule has 1 aromatic heterocycles. The highest BCUT2D eigenvalue weighted by molar-refractivity contribution is 9.10. The maximum atomic E-state index is 3.76. The van der Waals surface area contributed by atoms with Crippen molar-refractivity contribution in [2.75, 3.05) is 0 Å². The molecule has 6 aromatic rings. The van der Waals surface area contributed by atoms with Gasteiger partial charge < -0.3 is 4.57 Å². The zero-order chi connectivity index (χ0) is 21.5. The van der Waals surface area contributed by atoms with E-state index in [9.17, 15) is 0 Å². The van der Waals surface area contributed by atoms with Gasteiger partial charge in [-0.05, 0) is 62.4 Å². The molecule has 0 aliphatic heterocycles. The molecule has 32 heavy (non-hydrogen) atoms. The summed E-state index contributed by atoms with van der Waals surface area (Å²) < 4.78 is 3.44. The summed E-state index contributed by atoms with van der Waals surface area (Å²) in [5, 5.41) is 2.53. The molecule has 0 aliphatic carbocycles. The number of hydrogen-bond acceptors (Lipinski definition) is 0. The van der Waals surface area contributed by atoms with E-state index in [-0.39, 0.29) is 0 Å². The van der Waals surface area contributed by atoms with Crippen molar-refractivity contribution in [3.05, 3.63) is 126 Å². The van der Waals surface area contributed by atoms with Crippen molar-refractivity contribution < 1.29 is 0 Å². The Bertz CT molecular complexity index is 1560. The molecule has 1 heterocycles. The van der Waals surface area contributed by atoms with Crippen molar-refractivity contribution in [2.24, 2.45) is 0 Å². The number of para-hydroxylation sites is 2. The van der Waals surface area contributed by atoms with Crippen LogP contribution in [0.3, 0.4) is 0 Å². The third-order valence-corrected chi connectivity index (χ3v) is 6.76. The van der Waals surface area contributed by atoms with Crippen molar-refractivity contribution in [3.63, 3.8) is 0 Å². The minimum Gasteiger partial charge on any atom is -0.308 e. The molecule has 0 radical (unpaired) electrons. The lowest BCUT2D eigenvalue weighted by Gasteiger charge is -2.11.